The number of hydrazone groups is 1. The van der Waals surface area contributed by atoms with Crippen LogP contribution in [0, 0.1) is 0 Å². The van der Waals surface area contributed by atoms with Crippen LogP contribution in [-0.2, 0) is 11.2 Å². The zero-order valence-corrected chi connectivity index (χ0v) is 15.4. The van der Waals surface area contributed by atoms with Gasteiger partial charge in [-0.15, -0.1) is 0 Å². The average molecular weight is 368 g/mol. The Balaban J connectivity index is 1.56. The number of benzene rings is 2. The fraction of sp³-hybridized carbons (Fsp3) is 0.300. The molecule has 0 bridgehead atoms. The standard InChI is InChI=1S/C20H24N4O3/c1-3-13-7-9-14(10-8-13)16-11-17(23-22-16)20(26)24-21-12-15-5-4-6-18(27-2)19(15)25/h4-10,12,16-17,22-23,25H,3,11H2,1-2H3,(H,24,26)/b21-12+. The summed E-state index contributed by atoms with van der Waals surface area (Å²) in [5, 5.41) is 13.9. The number of carbonyl (C=O) groups excluding carboxylic acids is 1. The Morgan fingerprint density at radius 3 is 2.78 bits per heavy atom. The van der Waals surface area contributed by atoms with Crippen LogP contribution >= 0.6 is 0 Å². The molecule has 2 aromatic carbocycles. The normalized spacial score (nSPS) is 19.3. The number of aromatic hydroxyl groups is 1. The van der Waals surface area contributed by atoms with Crippen LogP contribution in [0.15, 0.2) is 47.6 Å². The third kappa shape index (κ3) is 4.45. The zero-order chi connectivity index (χ0) is 19.2. The van der Waals surface area contributed by atoms with Crippen molar-refractivity contribution in [2.75, 3.05) is 7.11 Å². The molecule has 2 atom stereocenters. The molecule has 0 saturated carbocycles. The van der Waals surface area contributed by atoms with Crippen LogP contribution in [0.2, 0.25) is 0 Å². The zero-order valence-electron chi connectivity index (χ0n) is 15.4. The molecule has 4 N–H and O–H groups in total. The summed E-state index contributed by atoms with van der Waals surface area (Å²) < 4.78 is 5.05. The first-order valence-corrected chi connectivity index (χ1v) is 8.91. The second kappa shape index (κ2) is 8.66. The monoisotopic (exact) mass is 368 g/mol. The van der Waals surface area contributed by atoms with E-state index < -0.39 is 6.04 Å². The molecule has 1 saturated heterocycles. The van der Waals surface area contributed by atoms with Crippen molar-refractivity contribution in [3.05, 3.63) is 59.2 Å². The third-order valence-electron chi connectivity index (χ3n) is 4.64. The largest absolute Gasteiger partial charge is 0.504 e. The summed E-state index contributed by atoms with van der Waals surface area (Å²) in [7, 11) is 1.47. The molecular formula is C20H24N4O3. The minimum absolute atomic E-state index is 0.0192. The molecule has 2 unspecified atom stereocenters. The molecule has 7 nitrogen and oxygen atoms in total. The van der Waals surface area contributed by atoms with E-state index >= 15 is 0 Å². The van der Waals surface area contributed by atoms with Gasteiger partial charge in [-0.2, -0.15) is 5.10 Å². The van der Waals surface area contributed by atoms with Gasteiger partial charge in [0.1, 0.15) is 6.04 Å². The topological polar surface area (TPSA) is 95.0 Å². The van der Waals surface area contributed by atoms with Gasteiger partial charge in [-0.3, -0.25) is 4.79 Å². The molecule has 27 heavy (non-hydrogen) atoms. The summed E-state index contributed by atoms with van der Waals surface area (Å²) >= 11 is 0. The molecule has 142 valence electrons. The molecule has 0 aliphatic carbocycles. The van der Waals surface area contributed by atoms with Crippen molar-refractivity contribution in [2.45, 2.75) is 31.8 Å². The fourth-order valence-corrected chi connectivity index (χ4v) is 2.98. The summed E-state index contributed by atoms with van der Waals surface area (Å²) in [5.41, 5.74) is 11.5. The first-order chi connectivity index (χ1) is 13.1. The first-order valence-electron chi connectivity index (χ1n) is 8.91. The van der Waals surface area contributed by atoms with Gasteiger partial charge in [0.05, 0.1) is 13.3 Å². The number of para-hydroxylation sites is 1. The highest BCUT2D eigenvalue weighted by molar-refractivity contribution is 5.87. The van der Waals surface area contributed by atoms with Crippen molar-refractivity contribution in [1.29, 1.82) is 0 Å². The van der Waals surface area contributed by atoms with E-state index in [1.54, 1.807) is 18.2 Å². The number of methoxy groups -OCH3 is 1. The van der Waals surface area contributed by atoms with Crippen LogP contribution in [0.4, 0.5) is 0 Å². The van der Waals surface area contributed by atoms with Gasteiger partial charge < -0.3 is 9.84 Å². The predicted octanol–water partition coefficient (Wildman–Crippen LogP) is 2.02. The van der Waals surface area contributed by atoms with Gasteiger partial charge >= 0.3 is 0 Å². The number of amides is 1. The Morgan fingerprint density at radius 2 is 2.07 bits per heavy atom. The molecule has 3 rings (SSSR count). The molecule has 0 radical (unpaired) electrons. The van der Waals surface area contributed by atoms with Crippen LogP contribution in [0.25, 0.3) is 0 Å². The molecule has 1 aliphatic heterocycles. The van der Waals surface area contributed by atoms with Crippen molar-refractivity contribution >= 4 is 12.1 Å². The number of phenols is 1. The molecule has 0 spiro atoms. The van der Waals surface area contributed by atoms with Crippen molar-refractivity contribution in [2.24, 2.45) is 5.10 Å². The summed E-state index contributed by atoms with van der Waals surface area (Å²) in [6.07, 6.45) is 3.01. The Labute approximate surface area is 158 Å². The maximum atomic E-state index is 12.3. The van der Waals surface area contributed by atoms with E-state index in [2.05, 4.69) is 52.6 Å². The number of aryl methyl sites for hydroxylation is 1. The smallest absolute Gasteiger partial charge is 0.258 e. The highest BCUT2D eigenvalue weighted by Crippen LogP contribution is 2.28. The molecular weight excluding hydrogens is 344 g/mol. The van der Waals surface area contributed by atoms with E-state index in [4.69, 9.17) is 4.74 Å². The van der Waals surface area contributed by atoms with Crippen molar-refractivity contribution in [3.63, 3.8) is 0 Å². The number of hydrazine groups is 1. The van der Waals surface area contributed by atoms with Crippen LogP contribution in [0.5, 0.6) is 11.5 Å². The number of hydrogen-bond acceptors (Lipinski definition) is 6. The van der Waals surface area contributed by atoms with E-state index in [0.717, 1.165) is 12.0 Å². The van der Waals surface area contributed by atoms with Gasteiger partial charge in [0.25, 0.3) is 5.91 Å². The van der Waals surface area contributed by atoms with Gasteiger partial charge in [0.2, 0.25) is 0 Å². The van der Waals surface area contributed by atoms with Gasteiger partial charge in [0.15, 0.2) is 11.5 Å². The van der Waals surface area contributed by atoms with Crippen molar-refractivity contribution in [3.8, 4) is 11.5 Å². The molecule has 1 heterocycles. The molecule has 7 heteroatoms. The lowest BCUT2D eigenvalue weighted by molar-refractivity contribution is -0.122. The van der Waals surface area contributed by atoms with E-state index in [1.165, 1.54) is 18.9 Å². The number of nitrogens with one attached hydrogen (secondary N) is 3. The highest BCUT2D eigenvalue weighted by Gasteiger charge is 2.29. The second-order valence-corrected chi connectivity index (χ2v) is 6.36. The van der Waals surface area contributed by atoms with Gasteiger partial charge in [-0.1, -0.05) is 37.3 Å². The van der Waals surface area contributed by atoms with E-state index in [0.29, 0.717) is 17.7 Å². The van der Waals surface area contributed by atoms with Crippen LogP contribution in [-0.4, -0.2) is 30.4 Å². The van der Waals surface area contributed by atoms with Crippen molar-refractivity contribution in [1.82, 2.24) is 16.3 Å². The summed E-state index contributed by atoms with van der Waals surface area (Å²) in [6, 6.07) is 13.1. The van der Waals surface area contributed by atoms with Crippen LogP contribution < -0.4 is 21.0 Å². The number of carbonyl (C=O) groups is 1. The Morgan fingerprint density at radius 1 is 1.30 bits per heavy atom. The highest BCUT2D eigenvalue weighted by atomic mass is 16.5. The summed E-state index contributed by atoms with van der Waals surface area (Å²) in [6.45, 7) is 2.12. The lowest BCUT2D eigenvalue weighted by Gasteiger charge is -2.10. The minimum atomic E-state index is -0.392. The van der Waals surface area contributed by atoms with E-state index in [-0.39, 0.29) is 17.7 Å². The SMILES string of the molecule is CCc1ccc(C2CC(C(=O)N/N=C/c3cccc(OC)c3O)NN2)cc1. The number of phenolic OH excluding ortho intramolecular Hbond substituents is 1. The lowest BCUT2D eigenvalue weighted by Crippen LogP contribution is -2.41. The Kier molecular flexibility index (Phi) is 6.05. The van der Waals surface area contributed by atoms with Gasteiger partial charge in [0, 0.05) is 11.6 Å². The predicted molar refractivity (Wildman–Crippen MR) is 104 cm³/mol. The second-order valence-electron chi connectivity index (χ2n) is 6.36. The quantitative estimate of drug-likeness (QED) is 0.462. The average Bonchev–Trinajstić information content (AvgIpc) is 3.19. The Bertz CT molecular complexity index is 820. The van der Waals surface area contributed by atoms with Gasteiger partial charge in [-0.05, 0) is 36.1 Å². The fourth-order valence-electron chi connectivity index (χ4n) is 2.98. The maximum Gasteiger partial charge on any atom is 0.258 e. The molecule has 0 aromatic heterocycles. The number of ether oxygens (including phenoxy) is 1. The minimum Gasteiger partial charge on any atom is -0.504 e. The number of hydrogen-bond donors (Lipinski definition) is 4. The maximum absolute atomic E-state index is 12.3. The lowest BCUT2D eigenvalue weighted by atomic mass is 10.00. The van der Waals surface area contributed by atoms with Crippen LogP contribution in [0.3, 0.4) is 0 Å². The number of rotatable bonds is 6. The number of nitrogens with zero attached hydrogens (tertiary/aromatic N) is 1. The molecule has 2 aromatic rings. The van der Waals surface area contributed by atoms with Crippen LogP contribution in [0.1, 0.15) is 36.1 Å². The van der Waals surface area contributed by atoms with E-state index in [1.807, 2.05) is 0 Å². The molecule has 1 amide bonds. The van der Waals surface area contributed by atoms with Crippen molar-refractivity contribution < 1.29 is 14.6 Å². The molecule has 1 fully saturated rings. The first kappa shape index (κ1) is 18.9. The van der Waals surface area contributed by atoms with E-state index in [9.17, 15) is 9.90 Å². The molecule has 1 aliphatic rings. The third-order valence-corrected chi connectivity index (χ3v) is 4.64. The van der Waals surface area contributed by atoms with Gasteiger partial charge in [-0.25, -0.2) is 16.3 Å². The summed E-state index contributed by atoms with van der Waals surface area (Å²) in [4.78, 5) is 12.3. The summed E-state index contributed by atoms with van der Waals surface area (Å²) in [5.74, 6) is 0.0898. The Hall–Kier alpha value is -2.90.